The van der Waals surface area contributed by atoms with Gasteiger partial charge in [0.25, 0.3) is 11.4 Å². The number of nitrogens with one attached hydrogen (secondary N) is 2. The van der Waals surface area contributed by atoms with E-state index in [0.717, 1.165) is 12.1 Å². The lowest BCUT2D eigenvalue weighted by molar-refractivity contribution is -0.384. The highest BCUT2D eigenvalue weighted by molar-refractivity contribution is 9.10. The summed E-state index contributed by atoms with van der Waals surface area (Å²) in [6.45, 7) is 0.871. The first-order valence-electron chi connectivity index (χ1n) is 10.7. The maximum Gasteiger partial charge on any atom is 0.296 e. The lowest BCUT2D eigenvalue weighted by Gasteiger charge is -2.14. The molecular weight excluding hydrogens is 568 g/mol. The Hall–Kier alpha value is -4.24. The number of hydrogen-bond donors (Lipinski definition) is 4. The molecule has 2 amide bonds. The summed E-state index contributed by atoms with van der Waals surface area (Å²) in [7, 11) is 1.53. The van der Waals surface area contributed by atoms with Crippen molar-refractivity contribution in [1.29, 1.82) is 0 Å². The summed E-state index contributed by atoms with van der Waals surface area (Å²) in [5, 5.41) is 28.8. The van der Waals surface area contributed by atoms with Crippen LogP contribution in [0, 0.1) is 20.2 Å². The van der Waals surface area contributed by atoms with E-state index in [2.05, 4.69) is 26.6 Å². The number of anilines is 2. The monoisotopic (exact) mass is 596 g/mol. The zero-order valence-electron chi connectivity index (χ0n) is 19.7. The van der Waals surface area contributed by atoms with Gasteiger partial charge in [-0.1, -0.05) is 19.6 Å². The lowest BCUT2D eigenvalue weighted by Crippen LogP contribution is -2.14. The molecule has 2 rings (SSSR count). The third-order valence-electron chi connectivity index (χ3n) is 4.82. The Kier molecular flexibility index (Phi) is 12.6. The highest BCUT2D eigenvalue weighted by Crippen LogP contribution is 2.36. The molecule has 0 radical (unpaired) electrons. The van der Waals surface area contributed by atoms with Gasteiger partial charge in [-0.3, -0.25) is 29.8 Å². The summed E-state index contributed by atoms with van der Waals surface area (Å²) in [6, 6.07) is 4.82. The number of amides is 2. The smallest absolute Gasteiger partial charge is 0.296 e. The van der Waals surface area contributed by atoms with Gasteiger partial charge in [0, 0.05) is 61.0 Å². The number of hydrogen-bond acceptors (Lipinski definition) is 10. The number of nitro groups is 2. The van der Waals surface area contributed by atoms with Crippen LogP contribution in [0.4, 0.5) is 22.7 Å². The van der Waals surface area contributed by atoms with Gasteiger partial charge >= 0.3 is 0 Å². The molecule has 2 aromatic carbocycles. The van der Waals surface area contributed by atoms with Crippen LogP contribution in [-0.2, 0) is 4.74 Å². The SMILES string of the molecule is C.COCCCOc1cc(C(N)=O)cc([N+](=O)[O-])c1NC/C=C/CNc1c(Br)cc(C(N)=O)cc1[N+](=O)[O-]. The van der Waals surface area contributed by atoms with Gasteiger partial charge in [0.1, 0.15) is 11.4 Å². The maximum absolute atomic E-state index is 11.6. The molecule has 0 saturated heterocycles. The summed E-state index contributed by atoms with van der Waals surface area (Å²) in [5.74, 6) is -1.56. The third-order valence-corrected chi connectivity index (χ3v) is 5.45. The Labute approximate surface area is 226 Å². The van der Waals surface area contributed by atoms with Gasteiger partial charge in [-0.25, -0.2) is 0 Å². The first kappa shape index (κ1) is 31.8. The van der Waals surface area contributed by atoms with Crippen molar-refractivity contribution in [2.75, 3.05) is 44.0 Å². The molecule has 0 aliphatic rings. The molecule has 206 valence electrons. The number of rotatable bonds is 15. The van der Waals surface area contributed by atoms with E-state index in [1.807, 2.05) is 0 Å². The fourth-order valence-electron chi connectivity index (χ4n) is 3.11. The number of carbonyl (C=O) groups is 2. The van der Waals surface area contributed by atoms with Gasteiger partial charge in [0.15, 0.2) is 5.69 Å². The number of carbonyl (C=O) groups excluding carboxylic acids is 2. The Morgan fingerprint density at radius 1 is 0.921 bits per heavy atom. The van der Waals surface area contributed by atoms with Crippen LogP contribution in [0.2, 0.25) is 0 Å². The Morgan fingerprint density at radius 2 is 1.42 bits per heavy atom. The summed E-state index contributed by atoms with van der Waals surface area (Å²) in [5.41, 5.74) is 9.89. The molecule has 2 aromatic rings. The minimum Gasteiger partial charge on any atom is -0.491 e. The van der Waals surface area contributed by atoms with Crippen molar-refractivity contribution in [1.82, 2.24) is 0 Å². The van der Waals surface area contributed by atoms with Gasteiger partial charge in [0.2, 0.25) is 11.8 Å². The van der Waals surface area contributed by atoms with Crippen molar-refractivity contribution < 1.29 is 28.9 Å². The number of nitrogens with zero attached hydrogens (tertiary/aromatic N) is 2. The van der Waals surface area contributed by atoms with Crippen LogP contribution in [0.1, 0.15) is 34.6 Å². The quantitative estimate of drug-likeness (QED) is 0.101. The number of nitro benzene ring substituents is 2. The predicted octanol–water partition coefficient (Wildman–Crippen LogP) is 3.59. The highest BCUT2D eigenvalue weighted by Gasteiger charge is 2.23. The van der Waals surface area contributed by atoms with Gasteiger partial charge < -0.3 is 31.6 Å². The fraction of sp³-hybridized carbons (Fsp3) is 0.304. The van der Waals surface area contributed by atoms with Crippen molar-refractivity contribution in [2.45, 2.75) is 13.8 Å². The molecule has 0 aliphatic heterocycles. The first-order chi connectivity index (χ1) is 17.6. The topological polar surface area (TPSA) is 215 Å². The van der Waals surface area contributed by atoms with Crippen molar-refractivity contribution in [3.05, 3.63) is 72.2 Å². The molecule has 38 heavy (non-hydrogen) atoms. The molecule has 0 fully saturated rings. The Morgan fingerprint density at radius 3 is 1.92 bits per heavy atom. The standard InChI is InChI=1S/C22H25BrN6O8.CH4/c1-36-7-4-8-37-18-12-14(22(25)31)11-17(29(34)35)20(18)27-6-3-2-5-26-19-15(23)9-13(21(24)30)10-16(19)28(32)33;/h2-3,9-12,26-27H,4-8H2,1H3,(H2,24,30)(H2,25,31);1H4/b3-2+;. The predicted molar refractivity (Wildman–Crippen MR) is 146 cm³/mol. The largest absolute Gasteiger partial charge is 0.491 e. The maximum atomic E-state index is 11.6. The van der Waals surface area contributed by atoms with Gasteiger partial charge in [-0.15, -0.1) is 0 Å². The molecule has 0 bridgehead atoms. The first-order valence-corrected chi connectivity index (χ1v) is 11.5. The van der Waals surface area contributed by atoms with E-state index in [9.17, 15) is 29.8 Å². The van der Waals surface area contributed by atoms with Crippen LogP contribution in [0.5, 0.6) is 5.75 Å². The van der Waals surface area contributed by atoms with Crippen molar-refractivity contribution in [3.63, 3.8) is 0 Å². The van der Waals surface area contributed by atoms with E-state index in [0.29, 0.717) is 13.0 Å². The third kappa shape index (κ3) is 8.70. The average molecular weight is 597 g/mol. The van der Waals surface area contributed by atoms with E-state index in [1.54, 1.807) is 12.2 Å². The zero-order chi connectivity index (χ0) is 27.5. The van der Waals surface area contributed by atoms with Crippen LogP contribution in [0.25, 0.3) is 0 Å². The average Bonchev–Trinajstić information content (AvgIpc) is 2.84. The summed E-state index contributed by atoms with van der Waals surface area (Å²) in [6.07, 6.45) is 3.77. The molecule has 0 aromatic heterocycles. The van der Waals surface area contributed by atoms with Gasteiger partial charge in [0.05, 0.1) is 16.5 Å². The fourth-order valence-corrected chi connectivity index (χ4v) is 3.70. The van der Waals surface area contributed by atoms with Gasteiger partial charge in [-0.05, 0) is 28.1 Å². The Balaban J connectivity index is 0.00000722. The van der Waals surface area contributed by atoms with E-state index in [4.69, 9.17) is 20.9 Å². The van der Waals surface area contributed by atoms with Crippen molar-refractivity contribution >= 4 is 50.5 Å². The number of halogens is 1. The molecule has 15 heteroatoms. The molecule has 0 aliphatic carbocycles. The van der Waals surface area contributed by atoms with Crippen LogP contribution in [-0.4, -0.2) is 55.1 Å². The van der Waals surface area contributed by atoms with E-state index >= 15 is 0 Å². The minimum absolute atomic E-state index is 0. The van der Waals surface area contributed by atoms with E-state index in [-0.39, 0.29) is 65.5 Å². The van der Waals surface area contributed by atoms with Crippen molar-refractivity contribution in [3.8, 4) is 5.75 Å². The summed E-state index contributed by atoms with van der Waals surface area (Å²) in [4.78, 5) is 44.7. The Bertz CT molecular complexity index is 1220. The zero-order valence-corrected chi connectivity index (χ0v) is 21.3. The number of methoxy groups -OCH3 is 1. The van der Waals surface area contributed by atoms with Crippen molar-refractivity contribution in [2.24, 2.45) is 11.5 Å². The molecule has 0 saturated carbocycles. The summed E-state index contributed by atoms with van der Waals surface area (Å²) < 4.78 is 10.9. The van der Waals surface area contributed by atoms with E-state index in [1.165, 1.54) is 19.2 Å². The second-order valence-corrected chi connectivity index (χ2v) is 8.25. The second kappa shape index (κ2) is 15.1. The van der Waals surface area contributed by atoms with Crippen LogP contribution in [0.3, 0.4) is 0 Å². The molecule has 14 nitrogen and oxygen atoms in total. The van der Waals surface area contributed by atoms with E-state index < -0.39 is 27.3 Å². The lowest BCUT2D eigenvalue weighted by atomic mass is 10.1. The van der Waals surface area contributed by atoms with Crippen LogP contribution < -0.4 is 26.8 Å². The molecule has 0 spiro atoms. The van der Waals surface area contributed by atoms with Gasteiger partial charge in [-0.2, -0.15) is 0 Å². The number of primary amides is 2. The minimum atomic E-state index is -0.841. The molecule has 6 N–H and O–H groups in total. The van der Waals surface area contributed by atoms with Crippen LogP contribution >= 0.6 is 15.9 Å². The molecule has 0 unspecified atom stereocenters. The normalized spacial score (nSPS) is 10.5. The number of ether oxygens (including phenoxy) is 2. The molecular formula is C23H29BrN6O8. The number of benzene rings is 2. The summed E-state index contributed by atoms with van der Waals surface area (Å²) >= 11 is 3.19. The second-order valence-electron chi connectivity index (χ2n) is 7.39. The number of nitrogens with two attached hydrogens (primary N) is 2. The molecule has 0 heterocycles. The van der Waals surface area contributed by atoms with Crippen LogP contribution in [0.15, 0.2) is 40.9 Å². The molecule has 0 atom stereocenters. The highest BCUT2D eigenvalue weighted by atomic mass is 79.9.